The highest BCUT2D eigenvalue weighted by atomic mass is 35.5. The Balaban J connectivity index is 0.00000162. The summed E-state index contributed by atoms with van der Waals surface area (Å²) in [5.74, 6) is 0.0552. The molecule has 0 aromatic carbocycles. The molecule has 0 bridgehead atoms. The number of morpholine rings is 1. The van der Waals surface area contributed by atoms with Crippen LogP contribution in [0.15, 0.2) is 17.5 Å². The minimum atomic E-state index is 0. The lowest BCUT2D eigenvalue weighted by molar-refractivity contribution is -0.125. The molecule has 1 aromatic rings. The lowest BCUT2D eigenvalue weighted by Crippen LogP contribution is -2.41. The highest BCUT2D eigenvalue weighted by Crippen LogP contribution is 2.18. The van der Waals surface area contributed by atoms with Crippen LogP contribution in [-0.4, -0.2) is 31.7 Å². The molecule has 2 rings (SSSR count). The zero-order valence-electron chi connectivity index (χ0n) is 10.3. The third-order valence-electron chi connectivity index (χ3n) is 2.76. The largest absolute Gasteiger partial charge is 0.375 e. The average molecular weight is 291 g/mol. The van der Waals surface area contributed by atoms with Crippen molar-refractivity contribution in [3.05, 3.63) is 22.4 Å². The second-order valence-corrected chi connectivity index (χ2v) is 5.18. The first kappa shape index (κ1) is 15.4. The van der Waals surface area contributed by atoms with Crippen molar-refractivity contribution in [1.82, 2.24) is 10.6 Å². The molecule has 0 saturated carbocycles. The van der Waals surface area contributed by atoms with Crippen molar-refractivity contribution in [3.8, 4) is 0 Å². The predicted molar refractivity (Wildman–Crippen MR) is 75.4 cm³/mol. The summed E-state index contributed by atoms with van der Waals surface area (Å²) in [4.78, 5) is 13.0. The molecule has 1 aliphatic heterocycles. The summed E-state index contributed by atoms with van der Waals surface area (Å²) in [6.07, 6.45) is 0.446. The van der Waals surface area contributed by atoms with Crippen LogP contribution in [0.2, 0.25) is 0 Å². The number of carbonyl (C=O) groups excluding carboxylic acids is 1. The molecule has 1 fully saturated rings. The SMILES string of the molecule is CC(NC(=O)CC1CNCCO1)c1cccs1.Cl. The molecule has 0 spiro atoms. The third-order valence-corrected chi connectivity index (χ3v) is 3.82. The maximum absolute atomic E-state index is 11.8. The van der Waals surface area contributed by atoms with Gasteiger partial charge in [0, 0.05) is 18.0 Å². The maximum atomic E-state index is 11.8. The van der Waals surface area contributed by atoms with Crippen molar-refractivity contribution >= 4 is 29.7 Å². The fourth-order valence-corrected chi connectivity index (χ4v) is 2.60. The molecule has 1 aliphatic rings. The van der Waals surface area contributed by atoms with E-state index in [1.165, 1.54) is 4.88 Å². The van der Waals surface area contributed by atoms with Gasteiger partial charge in [-0.3, -0.25) is 4.79 Å². The molecule has 1 amide bonds. The van der Waals surface area contributed by atoms with Crippen LogP contribution in [0.5, 0.6) is 0 Å². The van der Waals surface area contributed by atoms with Crippen LogP contribution in [-0.2, 0) is 9.53 Å². The fraction of sp³-hybridized carbons (Fsp3) is 0.583. The number of nitrogens with one attached hydrogen (secondary N) is 2. The second kappa shape index (κ2) is 7.74. The van der Waals surface area contributed by atoms with E-state index < -0.39 is 0 Å². The Kier molecular flexibility index (Phi) is 6.63. The Labute approximate surface area is 118 Å². The molecule has 2 atom stereocenters. The minimum absolute atomic E-state index is 0. The molecule has 0 radical (unpaired) electrons. The molecule has 102 valence electrons. The molecule has 4 nitrogen and oxygen atoms in total. The molecule has 0 aliphatic carbocycles. The second-order valence-electron chi connectivity index (χ2n) is 4.21. The molecular formula is C12H19ClN2O2S. The van der Waals surface area contributed by atoms with Crippen molar-refractivity contribution < 1.29 is 9.53 Å². The molecule has 2 unspecified atom stereocenters. The van der Waals surface area contributed by atoms with Gasteiger partial charge in [0.15, 0.2) is 0 Å². The van der Waals surface area contributed by atoms with Gasteiger partial charge in [0.05, 0.1) is 25.2 Å². The van der Waals surface area contributed by atoms with E-state index in [9.17, 15) is 4.79 Å². The van der Waals surface area contributed by atoms with Crippen LogP contribution in [0.25, 0.3) is 0 Å². The standard InChI is InChI=1S/C12H18N2O2S.ClH/c1-9(11-3-2-6-17-11)14-12(15)7-10-8-13-4-5-16-10;/h2-3,6,9-10,13H,4-5,7-8H2,1H3,(H,14,15);1H. The van der Waals surface area contributed by atoms with Crippen LogP contribution in [0, 0.1) is 0 Å². The first-order valence-corrected chi connectivity index (χ1v) is 6.79. The van der Waals surface area contributed by atoms with Gasteiger partial charge in [-0.05, 0) is 18.4 Å². The summed E-state index contributed by atoms with van der Waals surface area (Å²) in [6, 6.07) is 4.12. The van der Waals surface area contributed by atoms with Gasteiger partial charge in [0.2, 0.25) is 5.91 Å². The van der Waals surface area contributed by atoms with Crippen molar-refractivity contribution in [2.75, 3.05) is 19.7 Å². The van der Waals surface area contributed by atoms with Gasteiger partial charge in [-0.15, -0.1) is 23.7 Å². The minimum Gasteiger partial charge on any atom is -0.375 e. The topological polar surface area (TPSA) is 50.4 Å². The van der Waals surface area contributed by atoms with Gasteiger partial charge in [-0.1, -0.05) is 6.07 Å². The van der Waals surface area contributed by atoms with Gasteiger partial charge < -0.3 is 15.4 Å². The van der Waals surface area contributed by atoms with E-state index in [1.807, 2.05) is 24.4 Å². The predicted octanol–water partition coefficient (Wildman–Crippen LogP) is 1.73. The zero-order chi connectivity index (χ0) is 12.1. The van der Waals surface area contributed by atoms with Crippen LogP contribution >= 0.6 is 23.7 Å². The highest BCUT2D eigenvalue weighted by Gasteiger charge is 2.18. The Morgan fingerprint density at radius 1 is 1.72 bits per heavy atom. The maximum Gasteiger partial charge on any atom is 0.223 e. The van der Waals surface area contributed by atoms with Gasteiger partial charge in [0.1, 0.15) is 0 Å². The number of ether oxygens (including phenoxy) is 1. The summed E-state index contributed by atoms with van der Waals surface area (Å²) in [7, 11) is 0. The summed E-state index contributed by atoms with van der Waals surface area (Å²) < 4.78 is 5.50. The highest BCUT2D eigenvalue weighted by molar-refractivity contribution is 7.10. The van der Waals surface area contributed by atoms with Crippen molar-refractivity contribution in [2.24, 2.45) is 0 Å². The smallest absolute Gasteiger partial charge is 0.223 e. The number of rotatable bonds is 4. The first-order valence-electron chi connectivity index (χ1n) is 5.91. The molecule has 6 heteroatoms. The van der Waals surface area contributed by atoms with E-state index in [0.717, 1.165) is 13.1 Å². The van der Waals surface area contributed by atoms with Gasteiger partial charge >= 0.3 is 0 Å². The van der Waals surface area contributed by atoms with Crippen LogP contribution in [0.4, 0.5) is 0 Å². The van der Waals surface area contributed by atoms with Crippen molar-refractivity contribution in [2.45, 2.75) is 25.5 Å². The molecule has 2 N–H and O–H groups in total. The molecule has 1 saturated heterocycles. The molecular weight excluding hydrogens is 272 g/mol. The summed E-state index contributed by atoms with van der Waals surface area (Å²) >= 11 is 1.66. The van der Waals surface area contributed by atoms with Crippen molar-refractivity contribution in [1.29, 1.82) is 0 Å². The molecule has 1 aromatic heterocycles. The van der Waals surface area contributed by atoms with E-state index >= 15 is 0 Å². The number of hydrogen-bond acceptors (Lipinski definition) is 4. The lowest BCUT2D eigenvalue weighted by Gasteiger charge is -2.23. The van der Waals surface area contributed by atoms with Gasteiger partial charge in [-0.25, -0.2) is 0 Å². The average Bonchev–Trinajstić information content (AvgIpc) is 2.83. The lowest BCUT2D eigenvalue weighted by atomic mass is 10.2. The Bertz CT molecular complexity index is 353. The van der Waals surface area contributed by atoms with E-state index in [1.54, 1.807) is 11.3 Å². The van der Waals surface area contributed by atoms with E-state index in [-0.39, 0.29) is 30.5 Å². The van der Waals surface area contributed by atoms with Gasteiger partial charge in [0.25, 0.3) is 0 Å². The number of thiophene rings is 1. The zero-order valence-corrected chi connectivity index (χ0v) is 12.0. The van der Waals surface area contributed by atoms with Crippen LogP contribution in [0.1, 0.15) is 24.3 Å². The molecule has 18 heavy (non-hydrogen) atoms. The summed E-state index contributed by atoms with van der Waals surface area (Å²) in [5.41, 5.74) is 0. The Morgan fingerprint density at radius 2 is 2.56 bits per heavy atom. The van der Waals surface area contributed by atoms with Crippen molar-refractivity contribution in [3.63, 3.8) is 0 Å². The normalized spacial score (nSPS) is 20.8. The summed E-state index contributed by atoms with van der Waals surface area (Å²) in [6.45, 7) is 4.34. The van der Waals surface area contributed by atoms with E-state index in [4.69, 9.17) is 4.74 Å². The number of halogens is 1. The third kappa shape index (κ3) is 4.57. The molecule has 2 heterocycles. The Hall–Kier alpha value is -0.620. The van der Waals surface area contributed by atoms with Crippen LogP contribution in [0.3, 0.4) is 0 Å². The Morgan fingerprint density at radius 3 is 3.17 bits per heavy atom. The van der Waals surface area contributed by atoms with E-state index in [2.05, 4.69) is 10.6 Å². The van der Waals surface area contributed by atoms with Gasteiger partial charge in [-0.2, -0.15) is 0 Å². The quantitative estimate of drug-likeness (QED) is 0.888. The summed E-state index contributed by atoms with van der Waals surface area (Å²) in [5, 5.41) is 8.23. The fourth-order valence-electron chi connectivity index (χ4n) is 1.87. The van der Waals surface area contributed by atoms with E-state index in [0.29, 0.717) is 13.0 Å². The monoisotopic (exact) mass is 290 g/mol. The first-order chi connectivity index (χ1) is 8.25. The number of hydrogen-bond donors (Lipinski definition) is 2. The number of carbonyl (C=O) groups is 1. The number of amides is 1. The van der Waals surface area contributed by atoms with Crippen LogP contribution < -0.4 is 10.6 Å².